The van der Waals surface area contributed by atoms with Crippen LogP contribution < -0.4 is 11.3 Å². The van der Waals surface area contributed by atoms with Crippen molar-refractivity contribution in [3.05, 3.63) is 35.4 Å². The Bertz CT molecular complexity index is 492. The third-order valence-electron chi connectivity index (χ3n) is 3.59. The Labute approximate surface area is 108 Å². The first-order chi connectivity index (χ1) is 8.49. The quantitative estimate of drug-likeness (QED) is 0.627. The highest BCUT2D eigenvalue weighted by Gasteiger charge is 2.20. The molecular weight excluding hydrogens is 248 g/mol. The lowest BCUT2D eigenvalue weighted by Crippen LogP contribution is -2.33. The van der Waals surface area contributed by atoms with Gasteiger partial charge >= 0.3 is 0 Å². The second-order valence-corrected chi connectivity index (χ2v) is 7.29. The number of nitrogens with one attached hydrogen (secondary N) is 1. The number of hydrogen-bond acceptors (Lipinski definition) is 4. The molecule has 100 valence electrons. The van der Waals surface area contributed by atoms with Crippen molar-refractivity contribution in [2.75, 3.05) is 12.0 Å². The normalized spacial score (nSPS) is 18.3. The lowest BCUT2D eigenvalue weighted by Gasteiger charge is -2.26. The van der Waals surface area contributed by atoms with Crippen LogP contribution in [0.5, 0.6) is 0 Å². The molecule has 2 rings (SSSR count). The highest BCUT2D eigenvalue weighted by atomic mass is 32.2. The van der Waals surface area contributed by atoms with Crippen LogP contribution in [0.4, 0.5) is 0 Å². The molecule has 0 saturated heterocycles. The predicted molar refractivity (Wildman–Crippen MR) is 72.8 cm³/mol. The van der Waals surface area contributed by atoms with E-state index >= 15 is 0 Å². The van der Waals surface area contributed by atoms with Gasteiger partial charge in [-0.05, 0) is 29.9 Å². The summed E-state index contributed by atoms with van der Waals surface area (Å²) in [6, 6.07) is 7.79. The summed E-state index contributed by atoms with van der Waals surface area (Å²) in [5.74, 6) is 6.15. The number of sulfone groups is 1. The molecule has 0 spiro atoms. The monoisotopic (exact) mass is 268 g/mol. The van der Waals surface area contributed by atoms with Crippen LogP contribution in [-0.4, -0.2) is 20.4 Å². The van der Waals surface area contributed by atoms with Crippen molar-refractivity contribution in [3.63, 3.8) is 0 Å². The van der Waals surface area contributed by atoms with Crippen LogP contribution in [0.1, 0.15) is 42.3 Å². The molecule has 0 heterocycles. The van der Waals surface area contributed by atoms with Crippen LogP contribution in [0.15, 0.2) is 24.3 Å². The highest BCUT2D eigenvalue weighted by molar-refractivity contribution is 7.90. The lowest BCUT2D eigenvalue weighted by molar-refractivity contribution is 0.419. The van der Waals surface area contributed by atoms with Crippen LogP contribution >= 0.6 is 0 Å². The molecule has 0 bridgehead atoms. The first-order valence-corrected chi connectivity index (χ1v) is 8.29. The van der Waals surface area contributed by atoms with Gasteiger partial charge in [0.05, 0.1) is 11.8 Å². The van der Waals surface area contributed by atoms with Crippen molar-refractivity contribution in [2.24, 2.45) is 5.84 Å². The Hall–Kier alpha value is -0.910. The number of nitrogens with two attached hydrogens (primary N) is 1. The van der Waals surface area contributed by atoms with Gasteiger partial charge in [0.25, 0.3) is 0 Å². The van der Waals surface area contributed by atoms with Crippen molar-refractivity contribution < 1.29 is 8.42 Å². The van der Waals surface area contributed by atoms with Crippen LogP contribution in [0.2, 0.25) is 0 Å². The van der Waals surface area contributed by atoms with E-state index in [-0.39, 0.29) is 11.8 Å². The van der Waals surface area contributed by atoms with Crippen molar-refractivity contribution in [3.8, 4) is 0 Å². The molecule has 1 aromatic carbocycles. The van der Waals surface area contributed by atoms with Gasteiger partial charge in [0, 0.05) is 6.26 Å². The molecule has 0 radical (unpaired) electrons. The number of hydrogen-bond donors (Lipinski definition) is 2. The molecule has 1 saturated carbocycles. The van der Waals surface area contributed by atoms with E-state index in [0.29, 0.717) is 5.92 Å². The molecule has 5 heteroatoms. The Kier molecular flexibility index (Phi) is 4.04. The Morgan fingerprint density at radius 2 is 1.94 bits per heavy atom. The molecular formula is C13H20N2O2S. The van der Waals surface area contributed by atoms with Gasteiger partial charge in [-0.1, -0.05) is 30.7 Å². The molecule has 1 fully saturated rings. The summed E-state index contributed by atoms with van der Waals surface area (Å²) >= 11 is 0. The summed E-state index contributed by atoms with van der Waals surface area (Å²) in [6.07, 6.45) is 5.07. The van der Waals surface area contributed by atoms with Gasteiger partial charge < -0.3 is 0 Å². The molecule has 18 heavy (non-hydrogen) atoms. The SMILES string of the molecule is CS(=O)(=O)CC(NN)c1ccc(C2CCC2)cc1. The highest BCUT2D eigenvalue weighted by Crippen LogP contribution is 2.36. The maximum absolute atomic E-state index is 11.3. The topological polar surface area (TPSA) is 72.2 Å². The fourth-order valence-electron chi connectivity index (χ4n) is 2.29. The minimum absolute atomic E-state index is 0.0201. The third kappa shape index (κ3) is 3.31. The van der Waals surface area contributed by atoms with E-state index in [4.69, 9.17) is 5.84 Å². The zero-order valence-corrected chi connectivity index (χ0v) is 11.4. The largest absolute Gasteiger partial charge is 0.271 e. The molecule has 0 amide bonds. The number of hydrazine groups is 1. The number of benzene rings is 1. The van der Waals surface area contributed by atoms with Crippen LogP contribution in [0.25, 0.3) is 0 Å². The summed E-state index contributed by atoms with van der Waals surface area (Å²) < 4.78 is 22.6. The fraction of sp³-hybridized carbons (Fsp3) is 0.538. The first kappa shape index (κ1) is 13.5. The van der Waals surface area contributed by atoms with Crippen LogP contribution in [0, 0.1) is 0 Å². The van der Waals surface area contributed by atoms with Gasteiger partial charge in [-0.3, -0.25) is 11.3 Å². The second-order valence-electron chi connectivity index (χ2n) is 5.11. The molecule has 1 aliphatic rings. The first-order valence-electron chi connectivity index (χ1n) is 6.23. The lowest BCUT2D eigenvalue weighted by atomic mass is 9.80. The standard InChI is InChI=1S/C13H20N2O2S/c1-18(16,17)9-13(15-14)12-7-5-11(6-8-12)10-3-2-4-10/h5-8,10,13,15H,2-4,9,14H2,1H3. The fourth-order valence-corrected chi connectivity index (χ4v) is 3.18. The van der Waals surface area contributed by atoms with Crippen molar-refractivity contribution in [2.45, 2.75) is 31.2 Å². The van der Waals surface area contributed by atoms with E-state index < -0.39 is 9.84 Å². The zero-order valence-electron chi connectivity index (χ0n) is 10.6. The molecule has 1 aliphatic carbocycles. The van der Waals surface area contributed by atoms with Crippen molar-refractivity contribution >= 4 is 9.84 Å². The molecule has 4 nitrogen and oxygen atoms in total. The summed E-state index contributed by atoms with van der Waals surface area (Å²) in [4.78, 5) is 0. The molecule has 3 N–H and O–H groups in total. The van der Waals surface area contributed by atoms with Gasteiger partial charge in [0.15, 0.2) is 0 Å². The molecule has 1 unspecified atom stereocenters. The van der Waals surface area contributed by atoms with E-state index in [1.807, 2.05) is 12.1 Å². The van der Waals surface area contributed by atoms with E-state index in [0.717, 1.165) is 5.56 Å². The Balaban J connectivity index is 2.11. The van der Waals surface area contributed by atoms with E-state index in [1.165, 1.54) is 31.1 Å². The molecule has 0 aliphatic heterocycles. The van der Waals surface area contributed by atoms with Crippen LogP contribution in [0.3, 0.4) is 0 Å². The summed E-state index contributed by atoms with van der Waals surface area (Å²) in [7, 11) is -3.05. The molecule has 1 aromatic rings. The van der Waals surface area contributed by atoms with Gasteiger partial charge in [-0.15, -0.1) is 0 Å². The van der Waals surface area contributed by atoms with E-state index in [2.05, 4.69) is 17.6 Å². The molecule has 0 aromatic heterocycles. The maximum atomic E-state index is 11.3. The molecule has 1 atom stereocenters. The van der Waals surface area contributed by atoms with Crippen molar-refractivity contribution in [1.29, 1.82) is 0 Å². The number of rotatable bonds is 5. The van der Waals surface area contributed by atoms with Gasteiger partial charge in [0.1, 0.15) is 9.84 Å². The predicted octanol–water partition coefficient (Wildman–Crippen LogP) is 1.50. The Morgan fingerprint density at radius 3 is 2.33 bits per heavy atom. The van der Waals surface area contributed by atoms with Gasteiger partial charge in [-0.25, -0.2) is 8.42 Å². The third-order valence-corrected chi connectivity index (χ3v) is 4.52. The van der Waals surface area contributed by atoms with E-state index in [1.54, 1.807) is 0 Å². The maximum Gasteiger partial charge on any atom is 0.149 e. The summed E-state index contributed by atoms with van der Waals surface area (Å²) in [5, 5.41) is 0. The van der Waals surface area contributed by atoms with Gasteiger partial charge in [0.2, 0.25) is 0 Å². The summed E-state index contributed by atoms with van der Waals surface area (Å²) in [6.45, 7) is 0. The smallest absolute Gasteiger partial charge is 0.149 e. The van der Waals surface area contributed by atoms with Gasteiger partial charge in [-0.2, -0.15) is 0 Å². The summed E-state index contributed by atoms with van der Waals surface area (Å²) in [5.41, 5.74) is 4.84. The minimum Gasteiger partial charge on any atom is -0.271 e. The van der Waals surface area contributed by atoms with Crippen LogP contribution in [-0.2, 0) is 9.84 Å². The van der Waals surface area contributed by atoms with E-state index in [9.17, 15) is 8.42 Å². The second kappa shape index (κ2) is 5.38. The average Bonchev–Trinajstić information content (AvgIpc) is 2.23. The minimum atomic E-state index is -3.05. The van der Waals surface area contributed by atoms with Crippen molar-refractivity contribution in [1.82, 2.24) is 5.43 Å². The average molecular weight is 268 g/mol. The Morgan fingerprint density at radius 1 is 1.33 bits per heavy atom. The zero-order chi connectivity index (χ0) is 13.2.